The van der Waals surface area contributed by atoms with E-state index in [0.29, 0.717) is 41.8 Å². The Kier molecular flexibility index (Phi) is 8.88. The number of rotatable bonds is 7. The number of likely N-dealkylation sites (tertiary alicyclic amines) is 1. The van der Waals surface area contributed by atoms with Crippen LogP contribution in [-0.4, -0.2) is 82.4 Å². The zero-order valence-electron chi connectivity index (χ0n) is 24.2. The molecule has 2 aliphatic rings. The van der Waals surface area contributed by atoms with Crippen LogP contribution in [0.25, 0.3) is 11.0 Å². The maximum Gasteiger partial charge on any atom is 0.254 e. The second-order valence-electron chi connectivity index (χ2n) is 11.2. The molecule has 4 aromatic rings. The van der Waals surface area contributed by atoms with Crippen LogP contribution in [0.2, 0.25) is 10.0 Å². The number of piperazine rings is 1. The third-order valence-electron chi connectivity index (χ3n) is 8.58. The third-order valence-corrected chi connectivity index (χ3v) is 9.32. The molecule has 0 N–H and O–H groups in total. The molecule has 0 aliphatic carbocycles. The molecule has 43 heavy (non-hydrogen) atoms. The summed E-state index contributed by atoms with van der Waals surface area (Å²) in [5, 5.41) is 0.786. The summed E-state index contributed by atoms with van der Waals surface area (Å²) < 4.78 is 7.62. The quantitative estimate of drug-likeness (QED) is 0.269. The number of methoxy groups -OCH3 is 1. The Hall–Kier alpha value is -3.59. The van der Waals surface area contributed by atoms with Gasteiger partial charge in [-0.25, -0.2) is 4.98 Å². The molecule has 2 saturated heterocycles. The van der Waals surface area contributed by atoms with Gasteiger partial charge in [0.2, 0.25) is 5.91 Å². The number of halogens is 2. The molecule has 6 rings (SSSR count). The van der Waals surface area contributed by atoms with Crippen molar-refractivity contribution in [1.29, 1.82) is 0 Å². The molecule has 0 spiro atoms. The van der Waals surface area contributed by atoms with Crippen molar-refractivity contribution in [3.63, 3.8) is 0 Å². The van der Waals surface area contributed by atoms with Crippen molar-refractivity contribution in [3.05, 3.63) is 93.7 Å². The molecule has 2 aliphatic heterocycles. The van der Waals surface area contributed by atoms with Crippen LogP contribution in [0.5, 0.6) is 5.75 Å². The summed E-state index contributed by atoms with van der Waals surface area (Å²) in [5.74, 6) is 2.00. The Labute approximate surface area is 261 Å². The topological polar surface area (TPSA) is 70.9 Å². The van der Waals surface area contributed by atoms with Crippen LogP contribution in [0.3, 0.4) is 0 Å². The predicted molar refractivity (Wildman–Crippen MR) is 169 cm³/mol. The minimum atomic E-state index is -0.0861. The third kappa shape index (κ3) is 6.51. The average Bonchev–Trinajstić information content (AvgIpc) is 3.38. The minimum absolute atomic E-state index is 0.00619. The fourth-order valence-electron chi connectivity index (χ4n) is 6.07. The van der Waals surface area contributed by atoms with Crippen molar-refractivity contribution >= 4 is 46.0 Å². The molecule has 224 valence electrons. The number of hydrogen-bond donors (Lipinski definition) is 0. The van der Waals surface area contributed by atoms with Gasteiger partial charge in [-0.05, 0) is 74.0 Å². The van der Waals surface area contributed by atoms with Gasteiger partial charge in [-0.15, -0.1) is 0 Å². The van der Waals surface area contributed by atoms with Gasteiger partial charge in [0.25, 0.3) is 5.91 Å². The molecule has 1 aromatic heterocycles. The zero-order chi connectivity index (χ0) is 29.9. The van der Waals surface area contributed by atoms with E-state index in [4.69, 9.17) is 32.9 Å². The van der Waals surface area contributed by atoms with Crippen molar-refractivity contribution in [2.75, 3.05) is 46.4 Å². The Morgan fingerprint density at radius 2 is 1.53 bits per heavy atom. The molecule has 0 bridgehead atoms. The van der Waals surface area contributed by atoms with E-state index in [-0.39, 0.29) is 17.7 Å². The second kappa shape index (κ2) is 13.0. The average molecular weight is 621 g/mol. The number of carbonyl (C=O) groups is 2. The van der Waals surface area contributed by atoms with Gasteiger partial charge in [0.15, 0.2) is 0 Å². The van der Waals surface area contributed by atoms with Gasteiger partial charge in [0.1, 0.15) is 11.6 Å². The molecule has 10 heteroatoms. The molecule has 0 unspecified atom stereocenters. The molecule has 0 radical (unpaired) electrons. The summed E-state index contributed by atoms with van der Waals surface area (Å²) in [4.78, 5) is 37.5. The Bertz CT molecular complexity index is 1610. The Morgan fingerprint density at radius 1 is 0.837 bits per heavy atom. The number of ether oxygens (including phenoxy) is 1. The summed E-state index contributed by atoms with van der Waals surface area (Å²) in [6, 6.07) is 21.4. The Balaban J connectivity index is 1.04. The van der Waals surface area contributed by atoms with E-state index in [1.165, 1.54) is 5.56 Å². The number of piperidine rings is 1. The summed E-state index contributed by atoms with van der Waals surface area (Å²) in [6.07, 6.45) is 1.64. The SMILES string of the molecule is COc1ccc(Cn2c(CN3CCC(C(=O)N4CCN(C(=O)c5ccc(Cl)c(Cl)c5)CC4)CC3)nc3ccccc32)cc1. The fourth-order valence-corrected chi connectivity index (χ4v) is 6.37. The van der Waals surface area contributed by atoms with Crippen LogP contribution in [-0.2, 0) is 17.9 Å². The molecule has 3 aromatic carbocycles. The minimum Gasteiger partial charge on any atom is -0.497 e. The molecule has 8 nitrogen and oxygen atoms in total. The van der Waals surface area contributed by atoms with Gasteiger partial charge >= 0.3 is 0 Å². The van der Waals surface area contributed by atoms with Gasteiger partial charge in [0.05, 0.1) is 34.7 Å². The van der Waals surface area contributed by atoms with Crippen molar-refractivity contribution in [2.45, 2.75) is 25.9 Å². The predicted octanol–water partition coefficient (Wildman–Crippen LogP) is 5.60. The van der Waals surface area contributed by atoms with Crippen LogP contribution >= 0.6 is 23.2 Å². The maximum absolute atomic E-state index is 13.4. The second-order valence-corrected chi connectivity index (χ2v) is 12.1. The number of nitrogens with zero attached hydrogens (tertiary/aromatic N) is 5. The van der Waals surface area contributed by atoms with Gasteiger partial charge in [-0.1, -0.05) is 47.5 Å². The standard InChI is InChI=1S/C33H35Cl2N5O3/c1-43-26-9-6-23(7-10-26)21-40-30-5-3-2-4-29(30)36-31(40)22-37-14-12-24(13-15-37)32(41)38-16-18-39(19-17-38)33(42)25-8-11-27(34)28(35)20-25/h2-11,20,24H,12-19,21-22H2,1H3. The lowest BCUT2D eigenvalue weighted by atomic mass is 9.95. The lowest BCUT2D eigenvalue weighted by Crippen LogP contribution is -2.53. The van der Waals surface area contributed by atoms with Crippen LogP contribution in [0.4, 0.5) is 0 Å². The van der Waals surface area contributed by atoms with E-state index in [0.717, 1.165) is 61.6 Å². The first-order valence-corrected chi connectivity index (χ1v) is 15.5. The van der Waals surface area contributed by atoms with E-state index in [1.54, 1.807) is 30.2 Å². The number of benzene rings is 3. The number of fused-ring (bicyclic) bond motifs is 1. The van der Waals surface area contributed by atoms with Crippen LogP contribution in [0.15, 0.2) is 66.7 Å². The van der Waals surface area contributed by atoms with Crippen LogP contribution in [0, 0.1) is 5.92 Å². The molecule has 2 amide bonds. The van der Waals surface area contributed by atoms with Crippen molar-refractivity contribution in [2.24, 2.45) is 5.92 Å². The van der Waals surface area contributed by atoms with Crippen LogP contribution < -0.4 is 4.74 Å². The van der Waals surface area contributed by atoms with Crippen molar-refractivity contribution in [1.82, 2.24) is 24.3 Å². The van der Waals surface area contributed by atoms with Crippen LogP contribution in [0.1, 0.15) is 34.6 Å². The normalized spacial score (nSPS) is 16.5. The van der Waals surface area contributed by atoms with Crippen molar-refractivity contribution < 1.29 is 14.3 Å². The van der Waals surface area contributed by atoms with Gasteiger partial charge in [-0.2, -0.15) is 0 Å². The van der Waals surface area contributed by atoms with E-state index < -0.39 is 0 Å². The monoisotopic (exact) mass is 619 g/mol. The van der Waals surface area contributed by atoms with Crippen molar-refractivity contribution in [3.8, 4) is 5.75 Å². The molecule has 0 saturated carbocycles. The first-order valence-electron chi connectivity index (χ1n) is 14.7. The van der Waals surface area contributed by atoms with E-state index in [1.807, 2.05) is 23.1 Å². The lowest BCUT2D eigenvalue weighted by molar-refractivity contribution is -0.138. The molecule has 0 atom stereocenters. The lowest BCUT2D eigenvalue weighted by Gasteiger charge is -2.38. The molecule has 3 heterocycles. The number of para-hydroxylation sites is 2. The van der Waals surface area contributed by atoms with Gasteiger partial charge in [0, 0.05) is 44.2 Å². The van der Waals surface area contributed by atoms with E-state index in [9.17, 15) is 9.59 Å². The molecular formula is C33H35Cl2N5O3. The van der Waals surface area contributed by atoms with E-state index >= 15 is 0 Å². The zero-order valence-corrected chi connectivity index (χ0v) is 25.7. The van der Waals surface area contributed by atoms with Gasteiger partial charge < -0.3 is 19.1 Å². The number of aromatic nitrogens is 2. The maximum atomic E-state index is 13.4. The fraction of sp³-hybridized carbons (Fsp3) is 0.364. The first kappa shape index (κ1) is 29.5. The number of carbonyl (C=O) groups excluding carboxylic acids is 2. The first-order chi connectivity index (χ1) is 20.9. The summed E-state index contributed by atoms with van der Waals surface area (Å²) in [7, 11) is 1.68. The highest BCUT2D eigenvalue weighted by molar-refractivity contribution is 6.42. The van der Waals surface area contributed by atoms with Gasteiger partial charge in [-0.3, -0.25) is 14.5 Å². The highest BCUT2D eigenvalue weighted by Crippen LogP contribution is 2.26. The molecule has 2 fully saturated rings. The summed E-state index contributed by atoms with van der Waals surface area (Å²) in [6.45, 7) is 5.26. The largest absolute Gasteiger partial charge is 0.497 e. The molecular weight excluding hydrogens is 585 g/mol. The number of imidazole rings is 1. The summed E-state index contributed by atoms with van der Waals surface area (Å²) in [5.41, 5.74) is 3.82. The van der Waals surface area contributed by atoms with E-state index in [2.05, 4.69) is 39.8 Å². The Morgan fingerprint density at radius 3 is 2.23 bits per heavy atom. The summed E-state index contributed by atoms with van der Waals surface area (Å²) >= 11 is 12.1. The highest BCUT2D eigenvalue weighted by atomic mass is 35.5. The highest BCUT2D eigenvalue weighted by Gasteiger charge is 2.32. The number of amides is 2. The number of hydrogen-bond acceptors (Lipinski definition) is 5. The smallest absolute Gasteiger partial charge is 0.254 e.